The minimum atomic E-state index is 0. The number of halogens is 1. The van der Waals surface area contributed by atoms with Gasteiger partial charge < -0.3 is 10.6 Å². The monoisotopic (exact) mass is 404 g/mol. The van der Waals surface area contributed by atoms with Gasteiger partial charge in [0.1, 0.15) is 0 Å². The van der Waals surface area contributed by atoms with Gasteiger partial charge in [0.25, 0.3) is 0 Å². The van der Waals surface area contributed by atoms with Gasteiger partial charge in [0.2, 0.25) is 5.91 Å². The highest BCUT2D eigenvalue weighted by Gasteiger charge is 2.34. The highest BCUT2D eigenvalue weighted by Crippen LogP contribution is 2.29. The first kappa shape index (κ1) is 22.4. The maximum atomic E-state index is 12.6. The molecule has 1 aromatic heterocycles. The number of hydrogen-bond donors (Lipinski definition) is 1. The van der Waals surface area contributed by atoms with Crippen molar-refractivity contribution in [3.63, 3.8) is 0 Å². The van der Waals surface area contributed by atoms with Crippen molar-refractivity contribution in [2.75, 3.05) is 19.6 Å². The Hall–Kier alpha value is -1.85. The number of aromatic nitrogens is 2. The van der Waals surface area contributed by atoms with Gasteiger partial charge in [-0.3, -0.25) is 9.48 Å². The summed E-state index contributed by atoms with van der Waals surface area (Å²) in [5, 5.41) is 4.71. The number of carbonyl (C=O) groups excluding carboxylic acids is 1. The van der Waals surface area contributed by atoms with Crippen LogP contribution in [0.2, 0.25) is 0 Å². The molecule has 2 N–H and O–H groups in total. The van der Waals surface area contributed by atoms with Crippen molar-refractivity contribution in [3.05, 3.63) is 52.3 Å². The van der Waals surface area contributed by atoms with Crippen LogP contribution in [0.1, 0.15) is 47.8 Å². The van der Waals surface area contributed by atoms with Gasteiger partial charge in [-0.05, 0) is 56.7 Å². The van der Waals surface area contributed by atoms with E-state index in [1.165, 1.54) is 16.7 Å². The van der Waals surface area contributed by atoms with Crippen LogP contribution in [0.5, 0.6) is 0 Å². The van der Waals surface area contributed by atoms with Gasteiger partial charge in [0.05, 0.1) is 12.2 Å². The van der Waals surface area contributed by atoms with E-state index in [9.17, 15) is 4.79 Å². The predicted octanol–water partition coefficient (Wildman–Crippen LogP) is 3.41. The minimum absolute atomic E-state index is 0. The van der Waals surface area contributed by atoms with E-state index in [4.69, 9.17) is 10.8 Å². The second-order valence-corrected chi connectivity index (χ2v) is 8.37. The first-order chi connectivity index (χ1) is 12.8. The second-order valence-electron chi connectivity index (χ2n) is 8.37. The lowest BCUT2D eigenvalue weighted by Gasteiger charge is -2.22. The summed E-state index contributed by atoms with van der Waals surface area (Å²) in [6.45, 7) is 11.4. The Labute approximate surface area is 174 Å². The maximum Gasteiger partial charge on any atom is 0.222 e. The standard InChI is InChI=1S/C22H32N4O.ClH/c1-16-5-7-19(8-6-16)13-26-18(3)20(17(2)24-26)9-10-21(27)25-12-11-22(4,14-23)15-25;/h5-8H,9-15,23H2,1-4H3;1H. The lowest BCUT2D eigenvalue weighted by atomic mass is 9.90. The molecule has 5 nitrogen and oxygen atoms in total. The molecule has 1 unspecified atom stereocenters. The van der Waals surface area contributed by atoms with Gasteiger partial charge in [-0.15, -0.1) is 12.4 Å². The first-order valence-electron chi connectivity index (χ1n) is 9.87. The van der Waals surface area contributed by atoms with E-state index in [1.54, 1.807) is 0 Å². The summed E-state index contributed by atoms with van der Waals surface area (Å²) in [5.41, 5.74) is 11.8. The molecule has 2 aromatic rings. The largest absolute Gasteiger partial charge is 0.342 e. The van der Waals surface area contributed by atoms with E-state index in [-0.39, 0.29) is 23.7 Å². The summed E-state index contributed by atoms with van der Waals surface area (Å²) in [4.78, 5) is 14.6. The molecule has 1 aliphatic rings. The van der Waals surface area contributed by atoms with Crippen LogP contribution in [-0.4, -0.2) is 40.2 Å². The van der Waals surface area contributed by atoms with Crippen LogP contribution in [0.15, 0.2) is 24.3 Å². The number of likely N-dealkylation sites (tertiary alicyclic amines) is 1. The third kappa shape index (κ3) is 4.95. The third-order valence-corrected chi connectivity index (χ3v) is 5.98. The lowest BCUT2D eigenvalue weighted by Crippen LogP contribution is -2.34. The smallest absolute Gasteiger partial charge is 0.222 e. The number of nitrogens with zero attached hydrogens (tertiary/aromatic N) is 3. The van der Waals surface area contributed by atoms with Crippen molar-refractivity contribution in [2.24, 2.45) is 11.1 Å². The van der Waals surface area contributed by atoms with Crippen molar-refractivity contribution < 1.29 is 4.79 Å². The quantitative estimate of drug-likeness (QED) is 0.802. The molecular formula is C22H33ClN4O. The van der Waals surface area contributed by atoms with Crippen molar-refractivity contribution >= 4 is 18.3 Å². The highest BCUT2D eigenvalue weighted by atomic mass is 35.5. The van der Waals surface area contributed by atoms with Crippen molar-refractivity contribution in [1.82, 2.24) is 14.7 Å². The SMILES string of the molecule is Cc1ccc(Cn2nc(C)c(CCC(=O)N3CCC(C)(CN)C3)c2C)cc1.Cl. The van der Waals surface area contributed by atoms with Crippen molar-refractivity contribution in [2.45, 2.75) is 53.5 Å². The van der Waals surface area contributed by atoms with Crippen LogP contribution in [-0.2, 0) is 17.8 Å². The molecular weight excluding hydrogens is 372 g/mol. The molecule has 0 spiro atoms. The zero-order chi connectivity index (χ0) is 19.6. The van der Waals surface area contributed by atoms with E-state index in [1.807, 2.05) is 11.8 Å². The van der Waals surface area contributed by atoms with E-state index < -0.39 is 0 Å². The van der Waals surface area contributed by atoms with Gasteiger partial charge >= 0.3 is 0 Å². The number of hydrogen-bond acceptors (Lipinski definition) is 3. The first-order valence-corrected chi connectivity index (χ1v) is 9.87. The van der Waals surface area contributed by atoms with Crippen LogP contribution < -0.4 is 5.73 Å². The summed E-state index contributed by atoms with van der Waals surface area (Å²) in [6, 6.07) is 8.56. The van der Waals surface area contributed by atoms with Crippen LogP contribution in [0.3, 0.4) is 0 Å². The van der Waals surface area contributed by atoms with Gasteiger partial charge in [0.15, 0.2) is 0 Å². The molecule has 2 heterocycles. The zero-order valence-electron chi connectivity index (χ0n) is 17.5. The molecule has 1 amide bonds. The average Bonchev–Trinajstić information content (AvgIpc) is 3.17. The third-order valence-electron chi connectivity index (χ3n) is 5.98. The number of benzene rings is 1. The molecule has 0 aliphatic carbocycles. The molecule has 1 atom stereocenters. The second kappa shape index (κ2) is 9.10. The molecule has 6 heteroatoms. The van der Waals surface area contributed by atoms with Crippen LogP contribution in [0.25, 0.3) is 0 Å². The number of rotatable bonds is 6. The van der Waals surface area contributed by atoms with E-state index in [2.05, 4.69) is 49.7 Å². The number of nitrogens with two attached hydrogens (primary N) is 1. The fourth-order valence-corrected chi connectivity index (χ4v) is 3.91. The van der Waals surface area contributed by atoms with E-state index >= 15 is 0 Å². The lowest BCUT2D eigenvalue weighted by molar-refractivity contribution is -0.130. The Morgan fingerprint density at radius 3 is 2.50 bits per heavy atom. The molecule has 1 fully saturated rings. The Kier molecular flexibility index (Phi) is 7.29. The van der Waals surface area contributed by atoms with Gasteiger partial charge in [0, 0.05) is 25.2 Å². The molecule has 0 radical (unpaired) electrons. The van der Waals surface area contributed by atoms with Gasteiger partial charge in [-0.25, -0.2) is 0 Å². The van der Waals surface area contributed by atoms with E-state index in [0.717, 1.165) is 43.9 Å². The normalized spacial score (nSPS) is 19.0. The minimum Gasteiger partial charge on any atom is -0.342 e. The molecule has 1 aromatic carbocycles. The van der Waals surface area contributed by atoms with Crippen LogP contribution >= 0.6 is 12.4 Å². The summed E-state index contributed by atoms with van der Waals surface area (Å²) >= 11 is 0. The summed E-state index contributed by atoms with van der Waals surface area (Å²) in [5.74, 6) is 0.234. The van der Waals surface area contributed by atoms with E-state index in [0.29, 0.717) is 13.0 Å². The van der Waals surface area contributed by atoms with Gasteiger partial charge in [-0.1, -0.05) is 36.8 Å². The van der Waals surface area contributed by atoms with Crippen LogP contribution in [0.4, 0.5) is 0 Å². The van der Waals surface area contributed by atoms with Gasteiger partial charge in [-0.2, -0.15) is 5.10 Å². The molecule has 0 bridgehead atoms. The average molecular weight is 405 g/mol. The number of carbonyl (C=O) groups is 1. The Bertz CT molecular complexity index is 815. The Morgan fingerprint density at radius 1 is 1.21 bits per heavy atom. The fraction of sp³-hybridized carbons (Fsp3) is 0.545. The molecule has 3 rings (SSSR count). The molecule has 1 aliphatic heterocycles. The molecule has 1 saturated heterocycles. The number of amides is 1. The predicted molar refractivity (Wildman–Crippen MR) is 116 cm³/mol. The van der Waals surface area contributed by atoms with Crippen molar-refractivity contribution in [3.8, 4) is 0 Å². The highest BCUT2D eigenvalue weighted by molar-refractivity contribution is 5.85. The van der Waals surface area contributed by atoms with Crippen molar-refractivity contribution in [1.29, 1.82) is 0 Å². The topological polar surface area (TPSA) is 64.2 Å². The Morgan fingerprint density at radius 2 is 1.89 bits per heavy atom. The summed E-state index contributed by atoms with van der Waals surface area (Å²) in [6.07, 6.45) is 2.29. The maximum absolute atomic E-state index is 12.6. The molecule has 28 heavy (non-hydrogen) atoms. The molecule has 154 valence electrons. The fourth-order valence-electron chi connectivity index (χ4n) is 3.91. The number of aryl methyl sites for hydroxylation is 2. The van der Waals surface area contributed by atoms with Crippen LogP contribution in [0, 0.1) is 26.2 Å². The summed E-state index contributed by atoms with van der Waals surface area (Å²) < 4.78 is 2.06. The Balaban J connectivity index is 0.00000280. The zero-order valence-corrected chi connectivity index (χ0v) is 18.3. The summed E-state index contributed by atoms with van der Waals surface area (Å²) in [7, 11) is 0. The molecule has 0 saturated carbocycles.